The van der Waals surface area contributed by atoms with E-state index in [4.69, 9.17) is 5.73 Å². The Labute approximate surface area is 110 Å². The molecule has 1 saturated heterocycles. The molecule has 1 fully saturated rings. The van der Waals surface area contributed by atoms with Gasteiger partial charge in [0.25, 0.3) is 0 Å². The van der Waals surface area contributed by atoms with Crippen LogP contribution in [0.15, 0.2) is 12.2 Å². The molecule has 0 aromatic heterocycles. The Morgan fingerprint density at radius 3 is 2.67 bits per heavy atom. The topological polar surface area (TPSA) is 75.4 Å². The van der Waals surface area contributed by atoms with Crippen LogP contribution in [0.3, 0.4) is 0 Å². The fourth-order valence-electron chi connectivity index (χ4n) is 2.18. The summed E-state index contributed by atoms with van der Waals surface area (Å²) < 4.78 is 25.5. The summed E-state index contributed by atoms with van der Waals surface area (Å²) in [7, 11) is -3.06. The van der Waals surface area contributed by atoms with E-state index in [1.165, 1.54) is 0 Å². The summed E-state index contributed by atoms with van der Waals surface area (Å²) in [6, 6.07) is 0.0173. The molecule has 6 heteroatoms. The van der Waals surface area contributed by atoms with Crippen molar-refractivity contribution in [3.05, 3.63) is 12.2 Å². The second-order valence-electron chi connectivity index (χ2n) is 5.03. The van der Waals surface area contributed by atoms with Crippen LogP contribution in [-0.4, -0.2) is 50.2 Å². The summed E-state index contributed by atoms with van der Waals surface area (Å²) in [5.74, 6) is 0.276. The molecule has 0 aromatic rings. The number of nitrogens with zero attached hydrogens (tertiary/aromatic N) is 1. The van der Waals surface area contributed by atoms with Gasteiger partial charge >= 0.3 is 0 Å². The first-order valence-electron chi connectivity index (χ1n) is 6.47. The number of sulfonamides is 1. The lowest BCUT2D eigenvalue weighted by Gasteiger charge is -2.32. The summed E-state index contributed by atoms with van der Waals surface area (Å²) in [5.41, 5.74) is 6.61. The first-order chi connectivity index (χ1) is 8.38. The maximum atomic E-state index is 11.9. The lowest BCUT2D eigenvalue weighted by Crippen LogP contribution is -2.50. The van der Waals surface area contributed by atoms with Crippen molar-refractivity contribution >= 4 is 10.0 Å². The number of nitrogens with two attached hydrogens (primary N) is 1. The zero-order valence-electron chi connectivity index (χ0n) is 11.4. The lowest BCUT2D eigenvalue weighted by molar-refractivity contribution is 0.303. The largest absolute Gasteiger partial charge is 0.329 e. The van der Waals surface area contributed by atoms with Crippen molar-refractivity contribution in [2.24, 2.45) is 5.73 Å². The van der Waals surface area contributed by atoms with Crippen LogP contribution in [0.5, 0.6) is 0 Å². The van der Waals surface area contributed by atoms with Gasteiger partial charge in [0.2, 0.25) is 10.0 Å². The summed E-state index contributed by atoms with van der Waals surface area (Å²) in [6.45, 7) is 9.44. The van der Waals surface area contributed by atoms with Gasteiger partial charge in [-0.3, -0.25) is 0 Å². The van der Waals surface area contributed by atoms with Crippen molar-refractivity contribution in [2.75, 3.05) is 25.4 Å². The molecular formula is C12H25N3O2S. The Morgan fingerprint density at radius 1 is 1.50 bits per heavy atom. The van der Waals surface area contributed by atoms with Gasteiger partial charge in [0.15, 0.2) is 0 Å². The molecular weight excluding hydrogens is 250 g/mol. The predicted octanol–water partition coefficient (Wildman–Crippen LogP) is 0.294. The zero-order chi connectivity index (χ0) is 13.8. The van der Waals surface area contributed by atoms with Crippen LogP contribution in [0.25, 0.3) is 0 Å². The van der Waals surface area contributed by atoms with Gasteiger partial charge in [-0.25, -0.2) is 8.42 Å². The molecule has 0 aliphatic carbocycles. The monoisotopic (exact) mass is 275 g/mol. The van der Waals surface area contributed by atoms with Crippen molar-refractivity contribution in [1.82, 2.24) is 9.62 Å². The van der Waals surface area contributed by atoms with Gasteiger partial charge in [-0.15, -0.1) is 0 Å². The molecule has 3 N–H and O–H groups in total. The number of hydrogen-bond acceptors (Lipinski definition) is 4. The average molecular weight is 275 g/mol. The Balaban J connectivity index is 2.54. The smallest absolute Gasteiger partial charge is 0.214 e. The fraction of sp³-hybridized carbons (Fsp3) is 0.833. The summed E-state index contributed by atoms with van der Waals surface area (Å²) in [6.07, 6.45) is 1.72. The standard InChI is InChI=1S/C12H25N3O2S/c1-10(2)12(8-13)14-9-11(3)15-6-4-5-7-18(15,16)17/h11-12,14H,1,4-9,13H2,2-3H3/t11-,12+/m0/s1. The van der Waals surface area contributed by atoms with Crippen molar-refractivity contribution in [3.8, 4) is 0 Å². The Kier molecular flexibility index (Phi) is 5.78. The molecule has 0 spiro atoms. The van der Waals surface area contributed by atoms with Crippen molar-refractivity contribution in [3.63, 3.8) is 0 Å². The molecule has 5 nitrogen and oxygen atoms in total. The van der Waals surface area contributed by atoms with Gasteiger partial charge in [-0.2, -0.15) is 4.31 Å². The number of nitrogens with one attached hydrogen (secondary N) is 1. The van der Waals surface area contributed by atoms with Gasteiger partial charge in [0.1, 0.15) is 0 Å². The highest BCUT2D eigenvalue weighted by atomic mass is 32.2. The molecule has 0 bridgehead atoms. The maximum absolute atomic E-state index is 11.9. The molecule has 0 unspecified atom stereocenters. The third-order valence-electron chi connectivity index (χ3n) is 3.37. The van der Waals surface area contributed by atoms with Crippen LogP contribution in [0.2, 0.25) is 0 Å². The molecule has 2 atom stereocenters. The molecule has 1 aliphatic heterocycles. The van der Waals surface area contributed by atoms with E-state index in [1.807, 2.05) is 13.8 Å². The highest BCUT2D eigenvalue weighted by Gasteiger charge is 2.29. The van der Waals surface area contributed by atoms with Crippen LogP contribution in [0.4, 0.5) is 0 Å². The van der Waals surface area contributed by atoms with Gasteiger partial charge in [0, 0.05) is 31.7 Å². The molecule has 0 radical (unpaired) electrons. The van der Waals surface area contributed by atoms with E-state index >= 15 is 0 Å². The molecule has 106 valence electrons. The predicted molar refractivity (Wildman–Crippen MR) is 74.8 cm³/mol. The average Bonchev–Trinajstić information content (AvgIpc) is 2.28. The Hall–Kier alpha value is -0.430. The van der Waals surface area contributed by atoms with E-state index < -0.39 is 10.0 Å². The van der Waals surface area contributed by atoms with Crippen LogP contribution in [-0.2, 0) is 10.0 Å². The zero-order valence-corrected chi connectivity index (χ0v) is 12.2. The maximum Gasteiger partial charge on any atom is 0.214 e. The molecule has 1 aliphatic rings. The highest BCUT2D eigenvalue weighted by molar-refractivity contribution is 7.89. The Morgan fingerprint density at radius 2 is 2.17 bits per heavy atom. The normalized spacial score (nSPS) is 23.5. The molecule has 18 heavy (non-hydrogen) atoms. The summed E-state index contributed by atoms with van der Waals surface area (Å²) in [4.78, 5) is 0. The molecule has 0 amide bonds. The van der Waals surface area contributed by atoms with Gasteiger partial charge in [-0.1, -0.05) is 12.2 Å². The fourth-order valence-corrected chi connectivity index (χ4v) is 4.01. The van der Waals surface area contributed by atoms with Gasteiger partial charge in [-0.05, 0) is 26.7 Å². The van der Waals surface area contributed by atoms with E-state index in [0.29, 0.717) is 19.6 Å². The van der Waals surface area contributed by atoms with Crippen molar-refractivity contribution < 1.29 is 8.42 Å². The highest BCUT2D eigenvalue weighted by Crippen LogP contribution is 2.16. The SMILES string of the molecule is C=C(C)[C@@H](CN)NC[C@H](C)N1CCCCS1(=O)=O. The lowest BCUT2D eigenvalue weighted by atomic mass is 10.1. The minimum atomic E-state index is -3.06. The van der Waals surface area contributed by atoms with E-state index in [1.54, 1.807) is 4.31 Å². The van der Waals surface area contributed by atoms with E-state index in [2.05, 4.69) is 11.9 Å². The van der Waals surface area contributed by atoms with Gasteiger partial charge < -0.3 is 11.1 Å². The second kappa shape index (κ2) is 6.65. The van der Waals surface area contributed by atoms with Crippen LogP contribution >= 0.6 is 0 Å². The molecule has 1 heterocycles. The van der Waals surface area contributed by atoms with Crippen LogP contribution in [0, 0.1) is 0 Å². The van der Waals surface area contributed by atoms with Gasteiger partial charge in [0.05, 0.1) is 5.75 Å². The Bertz CT molecular complexity index is 381. The van der Waals surface area contributed by atoms with E-state index in [0.717, 1.165) is 18.4 Å². The first-order valence-corrected chi connectivity index (χ1v) is 8.07. The van der Waals surface area contributed by atoms with Crippen molar-refractivity contribution in [1.29, 1.82) is 0 Å². The van der Waals surface area contributed by atoms with Crippen LogP contribution < -0.4 is 11.1 Å². The quantitative estimate of drug-likeness (QED) is 0.683. The summed E-state index contributed by atoms with van der Waals surface area (Å²) in [5, 5.41) is 3.27. The molecule has 0 aromatic carbocycles. The van der Waals surface area contributed by atoms with E-state index in [9.17, 15) is 8.42 Å². The van der Waals surface area contributed by atoms with Crippen LogP contribution in [0.1, 0.15) is 26.7 Å². The molecule has 1 rings (SSSR count). The van der Waals surface area contributed by atoms with E-state index in [-0.39, 0.29) is 17.8 Å². The second-order valence-corrected chi connectivity index (χ2v) is 7.07. The summed E-state index contributed by atoms with van der Waals surface area (Å²) >= 11 is 0. The number of rotatable bonds is 6. The minimum Gasteiger partial charge on any atom is -0.329 e. The minimum absolute atomic E-state index is 0.0382. The molecule has 0 saturated carbocycles. The third kappa shape index (κ3) is 4.05. The first kappa shape index (κ1) is 15.6. The van der Waals surface area contributed by atoms with Crippen molar-refractivity contribution in [2.45, 2.75) is 38.8 Å². The number of hydrogen-bond donors (Lipinski definition) is 2. The third-order valence-corrected chi connectivity index (χ3v) is 5.43.